The van der Waals surface area contributed by atoms with Crippen molar-refractivity contribution < 1.29 is 8.22 Å². The average molecular weight is 177 g/mol. The predicted molar refractivity (Wildman–Crippen MR) is 42.7 cm³/mol. The maximum absolute atomic E-state index is 12.9. The van der Waals surface area contributed by atoms with Gasteiger partial charge in [0.05, 0.1) is 6.07 Å². The smallest absolute Gasteiger partial charge is 0.269 e. The molecule has 0 N–H and O–H groups in total. The molecule has 0 aromatic heterocycles. The number of halogens is 2. The van der Waals surface area contributed by atoms with Crippen LogP contribution in [0.15, 0.2) is 0 Å². The third-order valence-corrected chi connectivity index (χ3v) is 4.81. The zero-order valence-corrected chi connectivity index (χ0v) is 8.28. The Bertz CT molecular complexity index is 180. The summed E-state index contributed by atoms with van der Waals surface area (Å²) in [6.45, 7) is 5.60. The predicted octanol–water partition coefficient (Wildman–Crippen LogP) is 2.94. The molecule has 0 aromatic carbocycles. The van der Waals surface area contributed by atoms with Crippen LogP contribution < -0.4 is 0 Å². The average Bonchev–Trinajstić information content (AvgIpc) is 1.83. The van der Waals surface area contributed by atoms with Crippen molar-refractivity contribution in [1.82, 2.24) is 0 Å². The molecule has 0 aliphatic heterocycles. The number of hydrogen-bond acceptors (Lipinski definition) is 1. The van der Waals surface area contributed by atoms with E-state index in [4.69, 9.17) is 5.26 Å². The van der Waals surface area contributed by atoms with Gasteiger partial charge in [-0.15, -0.1) is 0 Å². The Morgan fingerprint density at radius 2 is 1.82 bits per heavy atom. The Morgan fingerprint density at radius 1 is 1.45 bits per heavy atom. The fourth-order valence-electron chi connectivity index (χ4n) is 0.734. The second-order valence-corrected chi connectivity index (χ2v) is 6.17. The van der Waals surface area contributed by atoms with Crippen LogP contribution in [0.1, 0.15) is 20.8 Å². The van der Waals surface area contributed by atoms with Crippen LogP contribution in [0, 0.1) is 17.2 Å². The Labute approximate surface area is 67.4 Å². The lowest BCUT2D eigenvalue weighted by molar-refractivity contribution is 0.429. The van der Waals surface area contributed by atoms with Crippen molar-refractivity contribution in [2.75, 3.05) is 0 Å². The van der Waals surface area contributed by atoms with Gasteiger partial charge in [0.1, 0.15) is 5.04 Å². The second-order valence-electron chi connectivity index (χ2n) is 3.36. The van der Waals surface area contributed by atoms with Gasteiger partial charge in [0.2, 0.25) is 0 Å². The third-order valence-electron chi connectivity index (χ3n) is 2.30. The molecular formula is C7H13F2NSi. The van der Waals surface area contributed by atoms with Gasteiger partial charge in [0.25, 0.3) is 0 Å². The summed E-state index contributed by atoms with van der Waals surface area (Å²) in [5.41, 5.74) is 0. The summed E-state index contributed by atoms with van der Waals surface area (Å²) in [6.07, 6.45) is 0. The highest BCUT2D eigenvalue weighted by atomic mass is 28.4. The van der Waals surface area contributed by atoms with Crippen molar-refractivity contribution in [2.45, 2.75) is 32.4 Å². The van der Waals surface area contributed by atoms with E-state index in [1.54, 1.807) is 19.9 Å². The monoisotopic (exact) mass is 177 g/mol. The first-order valence-electron chi connectivity index (χ1n) is 3.54. The first-order chi connectivity index (χ1) is 4.75. The summed E-state index contributed by atoms with van der Waals surface area (Å²) < 4.78 is 25.9. The zero-order valence-electron chi connectivity index (χ0n) is 7.28. The van der Waals surface area contributed by atoms with Crippen LogP contribution in [0.5, 0.6) is 0 Å². The van der Waals surface area contributed by atoms with Gasteiger partial charge >= 0.3 is 8.74 Å². The largest absolute Gasteiger partial charge is 0.441 e. The van der Waals surface area contributed by atoms with E-state index in [2.05, 4.69) is 0 Å². The summed E-state index contributed by atoms with van der Waals surface area (Å²) in [5.74, 6) is -0.279. The minimum Gasteiger partial charge on any atom is -0.269 e. The van der Waals surface area contributed by atoms with Gasteiger partial charge in [-0.25, -0.2) is 0 Å². The molecule has 0 bridgehead atoms. The van der Waals surface area contributed by atoms with Crippen molar-refractivity contribution in [3.63, 3.8) is 0 Å². The van der Waals surface area contributed by atoms with Crippen LogP contribution in [0.4, 0.5) is 8.22 Å². The molecule has 0 saturated carbocycles. The zero-order chi connectivity index (χ0) is 9.28. The van der Waals surface area contributed by atoms with Gasteiger partial charge in [-0.1, -0.05) is 13.8 Å². The highest BCUT2D eigenvalue weighted by Crippen LogP contribution is 2.45. The van der Waals surface area contributed by atoms with Crippen LogP contribution in [0.3, 0.4) is 0 Å². The molecular weight excluding hydrogens is 164 g/mol. The summed E-state index contributed by atoms with van der Waals surface area (Å²) in [5, 5.41) is 7.19. The molecule has 1 atom stereocenters. The highest BCUT2D eigenvalue weighted by molar-refractivity contribution is 6.69. The van der Waals surface area contributed by atoms with E-state index in [1.165, 1.54) is 6.92 Å². The van der Waals surface area contributed by atoms with E-state index < -0.39 is 13.8 Å². The molecule has 0 spiro atoms. The quantitative estimate of drug-likeness (QED) is 0.470. The van der Waals surface area contributed by atoms with Crippen molar-refractivity contribution in [3.8, 4) is 6.07 Å². The molecule has 0 radical (unpaired) electrons. The first-order valence-corrected chi connectivity index (χ1v) is 5.80. The van der Waals surface area contributed by atoms with Gasteiger partial charge in [0.15, 0.2) is 0 Å². The number of nitriles is 1. The molecule has 1 nitrogen and oxygen atoms in total. The van der Waals surface area contributed by atoms with E-state index in [1.807, 2.05) is 0 Å². The first kappa shape index (κ1) is 10.6. The fraction of sp³-hybridized carbons (Fsp3) is 0.857. The van der Waals surface area contributed by atoms with Gasteiger partial charge in [-0.3, -0.25) is 8.22 Å². The molecule has 0 aliphatic carbocycles. The van der Waals surface area contributed by atoms with Crippen molar-refractivity contribution in [2.24, 2.45) is 5.92 Å². The molecule has 0 fully saturated rings. The Morgan fingerprint density at radius 3 is 1.82 bits per heavy atom. The maximum Gasteiger partial charge on any atom is 0.441 e. The maximum atomic E-state index is 12.9. The number of hydrogen-bond donors (Lipinski definition) is 0. The third kappa shape index (κ3) is 1.78. The normalized spacial score (nSPS) is 17.6. The molecule has 64 valence electrons. The van der Waals surface area contributed by atoms with Gasteiger partial charge in [-0.2, -0.15) is 5.26 Å². The Hall–Kier alpha value is -0.433. The summed E-state index contributed by atoms with van der Waals surface area (Å²) in [4.78, 5) is 0. The van der Waals surface area contributed by atoms with E-state index in [0.29, 0.717) is 0 Å². The molecule has 0 rings (SSSR count). The summed E-state index contributed by atoms with van der Waals surface area (Å²) in [7, 11) is -4.34. The number of nitrogens with zero attached hydrogens (tertiary/aromatic N) is 1. The van der Waals surface area contributed by atoms with Crippen molar-refractivity contribution in [3.05, 3.63) is 0 Å². The van der Waals surface area contributed by atoms with Crippen LogP contribution in [0.2, 0.25) is 11.6 Å². The topological polar surface area (TPSA) is 23.8 Å². The summed E-state index contributed by atoms with van der Waals surface area (Å²) in [6, 6.07) is 1.73. The lowest BCUT2D eigenvalue weighted by Gasteiger charge is -2.29. The van der Waals surface area contributed by atoms with Crippen LogP contribution in [-0.4, -0.2) is 8.74 Å². The van der Waals surface area contributed by atoms with Crippen LogP contribution >= 0.6 is 0 Å². The summed E-state index contributed by atoms with van der Waals surface area (Å²) >= 11 is 0. The molecule has 0 saturated heterocycles. The lowest BCUT2D eigenvalue weighted by atomic mass is 9.99. The van der Waals surface area contributed by atoms with Gasteiger partial charge in [-0.05, 0) is 19.4 Å². The molecule has 0 amide bonds. The second kappa shape index (κ2) is 2.90. The molecule has 4 heteroatoms. The van der Waals surface area contributed by atoms with Gasteiger partial charge < -0.3 is 0 Å². The van der Waals surface area contributed by atoms with Crippen molar-refractivity contribution in [1.29, 1.82) is 5.26 Å². The van der Waals surface area contributed by atoms with E-state index in [-0.39, 0.29) is 5.92 Å². The van der Waals surface area contributed by atoms with E-state index >= 15 is 0 Å². The highest BCUT2D eigenvalue weighted by Gasteiger charge is 2.53. The van der Waals surface area contributed by atoms with Gasteiger partial charge in [0, 0.05) is 0 Å². The minimum atomic E-state index is -4.34. The Balaban J connectivity index is 4.80. The SMILES string of the molecule is CC(C)C(C)(C#N)[Si](C)(F)F. The molecule has 0 aromatic rings. The number of rotatable bonds is 2. The van der Waals surface area contributed by atoms with Crippen molar-refractivity contribution >= 4 is 8.74 Å². The van der Waals surface area contributed by atoms with E-state index in [0.717, 1.165) is 6.55 Å². The lowest BCUT2D eigenvalue weighted by Crippen LogP contribution is -2.38. The minimum absolute atomic E-state index is 0.279. The molecule has 11 heavy (non-hydrogen) atoms. The molecule has 0 aliphatic rings. The standard InChI is InChI=1S/C7H13F2NSi/c1-6(2)7(3,5-10)11(4,8)9/h6H,1-4H3. The Kier molecular flexibility index (Phi) is 2.78. The molecule has 1 unspecified atom stereocenters. The van der Waals surface area contributed by atoms with Crippen LogP contribution in [-0.2, 0) is 0 Å². The molecule has 0 heterocycles. The fourth-order valence-corrected chi connectivity index (χ4v) is 1.94. The van der Waals surface area contributed by atoms with Crippen LogP contribution in [0.25, 0.3) is 0 Å². The van der Waals surface area contributed by atoms with E-state index in [9.17, 15) is 8.22 Å².